The van der Waals surface area contributed by atoms with Gasteiger partial charge in [-0.15, -0.1) is 12.4 Å². The third-order valence-electron chi connectivity index (χ3n) is 4.16. The van der Waals surface area contributed by atoms with Crippen LogP contribution in [0.15, 0.2) is 0 Å². The summed E-state index contributed by atoms with van der Waals surface area (Å²) in [4.78, 5) is 11.8. The van der Waals surface area contributed by atoms with E-state index < -0.39 is 15.9 Å². The maximum absolute atomic E-state index is 11.8. The van der Waals surface area contributed by atoms with Crippen molar-refractivity contribution in [1.82, 2.24) is 5.32 Å². The maximum Gasteiger partial charge on any atom is 0.236 e. The Hall–Kier alpha value is -0.330. The molecule has 126 valence electrons. The Balaban J connectivity index is 0.00000400. The zero-order valence-corrected chi connectivity index (χ0v) is 14.9. The first-order chi connectivity index (χ1) is 9.09. The van der Waals surface area contributed by atoms with Gasteiger partial charge in [0.15, 0.2) is 0 Å². The lowest BCUT2D eigenvalue weighted by molar-refractivity contribution is -0.122. The van der Waals surface area contributed by atoms with Gasteiger partial charge in [0.1, 0.15) is 9.84 Å². The van der Waals surface area contributed by atoms with Crippen LogP contribution in [0.2, 0.25) is 0 Å². The highest BCUT2D eigenvalue weighted by Crippen LogP contribution is 2.37. The molecule has 1 amide bonds. The van der Waals surface area contributed by atoms with Crippen molar-refractivity contribution in [3.8, 4) is 0 Å². The molecule has 0 bridgehead atoms. The van der Waals surface area contributed by atoms with Gasteiger partial charge in [0.25, 0.3) is 0 Å². The van der Waals surface area contributed by atoms with Crippen LogP contribution in [-0.2, 0) is 14.6 Å². The lowest BCUT2D eigenvalue weighted by Gasteiger charge is -2.34. The molecule has 0 aromatic rings. The topological polar surface area (TPSA) is 89.3 Å². The maximum atomic E-state index is 11.8. The van der Waals surface area contributed by atoms with E-state index in [4.69, 9.17) is 5.73 Å². The number of rotatable bonds is 6. The first-order valence-electron chi connectivity index (χ1n) is 7.30. The Bertz CT molecular complexity index is 428. The van der Waals surface area contributed by atoms with Crippen molar-refractivity contribution in [3.05, 3.63) is 0 Å². The molecule has 1 saturated carbocycles. The number of hydrogen-bond donors (Lipinski definition) is 2. The van der Waals surface area contributed by atoms with Gasteiger partial charge < -0.3 is 11.1 Å². The van der Waals surface area contributed by atoms with Crippen LogP contribution >= 0.6 is 12.4 Å². The van der Waals surface area contributed by atoms with E-state index in [2.05, 4.69) is 19.2 Å². The molecular formula is C14H29ClN2O3S. The second kappa shape index (κ2) is 8.34. The Morgan fingerprint density at radius 3 is 2.33 bits per heavy atom. The third kappa shape index (κ3) is 8.63. The summed E-state index contributed by atoms with van der Waals surface area (Å²) in [7, 11) is -3.06. The molecule has 3 N–H and O–H groups in total. The molecule has 0 saturated heterocycles. The quantitative estimate of drug-likeness (QED) is 0.766. The van der Waals surface area contributed by atoms with E-state index in [-0.39, 0.29) is 30.5 Å². The number of sulfone groups is 1. The van der Waals surface area contributed by atoms with Crippen LogP contribution in [0.4, 0.5) is 0 Å². The first-order valence-corrected chi connectivity index (χ1v) is 9.36. The van der Waals surface area contributed by atoms with E-state index in [9.17, 15) is 13.2 Å². The van der Waals surface area contributed by atoms with Gasteiger partial charge in [-0.25, -0.2) is 8.42 Å². The van der Waals surface area contributed by atoms with E-state index in [1.165, 1.54) is 12.8 Å². The van der Waals surface area contributed by atoms with Crippen molar-refractivity contribution in [1.29, 1.82) is 0 Å². The molecule has 1 atom stereocenters. The minimum Gasteiger partial charge on any atom is -0.354 e. The summed E-state index contributed by atoms with van der Waals surface area (Å²) in [6, 6.07) is -0.732. The van der Waals surface area contributed by atoms with Crippen LogP contribution in [0.25, 0.3) is 0 Å². The van der Waals surface area contributed by atoms with E-state index >= 15 is 0 Å². The highest BCUT2D eigenvalue weighted by molar-refractivity contribution is 7.90. The predicted molar refractivity (Wildman–Crippen MR) is 88.3 cm³/mol. The molecule has 0 aromatic heterocycles. The van der Waals surface area contributed by atoms with Crippen molar-refractivity contribution >= 4 is 28.2 Å². The molecule has 0 spiro atoms. The number of nitrogens with one attached hydrogen (secondary N) is 1. The van der Waals surface area contributed by atoms with E-state index in [1.54, 1.807) is 0 Å². The molecule has 0 aliphatic heterocycles. The largest absolute Gasteiger partial charge is 0.354 e. The van der Waals surface area contributed by atoms with Crippen LogP contribution in [0.5, 0.6) is 0 Å². The van der Waals surface area contributed by atoms with Gasteiger partial charge in [-0.2, -0.15) is 0 Å². The molecule has 1 aliphatic rings. The minimum atomic E-state index is -3.06. The molecule has 1 unspecified atom stereocenters. The van der Waals surface area contributed by atoms with E-state index in [1.807, 2.05) is 0 Å². The summed E-state index contributed by atoms with van der Waals surface area (Å²) < 4.78 is 22.1. The third-order valence-corrected chi connectivity index (χ3v) is 5.14. The zero-order valence-electron chi connectivity index (χ0n) is 13.2. The smallest absolute Gasteiger partial charge is 0.236 e. The SMILES string of the molecule is CC1(C)CCC(CNC(=O)C(N)CCS(C)(=O)=O)CC1.Cl. The summed E-state index contributed by atoms with van der Waals surface area (Å²) in [6.45, 7) is 5.22. The van der Waals surface area contributed by atoms with Crippen LogP contribution in [0.1, 0.15) is 46.0 Å². The molecule has 1 fully saturated rings. The van der Waals surface area contributed by atoms with E-state index in [0.29, 0.717) is 17.9 Å². The lowest BCUT2D eigenvalue weighted by Crippen LogP contribution is -2.43. The molecule has 1 rings (SSSR count). The summed E-state index contributed by atoms with van der Waals surface area (Å²) in [5.74, 6) is 0.242. The lowest BCUT2D eigenvalue weighted by atomic mass is 9.73. The molecular weight excluding hydrogens is 312 g/mol. The number of hydrogen-bond acceptors (Lipinski definition) is 4. The Labute approximate surface area is 134 Å². The summed E-state index contributed by atoms with van der Waals surface area (Å²) in [5, 5.41) is 2.86. The fourth-order valence-electron chi connectivity index (χ4n) is 2.51. The first kappa shape index (κ1) is 20.7. The number of halogens is 1. The molecule has 7 heteroatoms. The number of nitrogens with two attached hydrogens (primary N) is 1. The number of carbonyl (C=O) groups is 1. The number of amides is 1. The van der Waals surface area contributed by atoms with Crippen molar-refractivity contribution < 1.29 is 13.2 Å². The molecule has 1 aliphatic carbocycles. The van der Waals surface area contributed by atoms with Gasteiger partial charge in [-0.1, -0.05) is 13.8 Å². The average Bonchev–Trinajstić information content (AvgIpc) is 2.33. The Morgan fingerprint density at radius 2 is 1.86 bits per heavy atom. The summed E-state index contributed by atoms with van der Waals surface area (Å²) >= 11 is 0. The standard InChI is InChI=1S/C14H28N2O3S.ClH/c1-14(2)7-4-11(5-8-14)10-16-13(17)12(15)6-9-20(3,18)19;/h11-12H,4-10,15H2,1-3H3,(H,16,17);1H. The average molecular weight is 341 g/mol. The molecule has 21 heavy (non-hydrogen) atoms. The van der Waals surface area contributed by atoms with Gasteiger partial charge in [-0.3, -0.25) is 4.79 Å². The van der Waals surface area contributed by atoms with Gasteiger partial charge >= 0.3 is 0 Å². The minimum absolute atomic E-state index is 0. The molecule has 5 nitrogen and oxygen atoms in total. The summed E-state index contributed by atoms with van der Waals surface area (Å²) in [6.07, 6.45) is 5.98. The van der Waals surface area contributed by atoms with Crippen LogP contribution in [-0.4, -0.2) is 38.9 Å². The molecule has 0 radical (unpaired) electrons. The fraction of sp³-hybridized carbons (Fsp3) is 0.929. The summed E-state index contributed by atoms with van der Waals surface area (Å²) in [5.41, 5.74) is 6.13. The zero-order chi connectivity index (χ0) is 15.4. The predicted octanol–water partition coefficient (Wildman–Crippen LogP) is 1.50. The van der Waals surface area contributed by atoms with Crippen LogP contribution in [0, 0.1) is 11.3 Å². The normalized spacial score (nSPS) is 20.4. The van der Waals surface area contributed by atoms with Gasteiger partial charge in [0.05, 0.1) is 11.8 Å². The van der Waals surface area contributed by atoms with Crippen molar-refractivity contribution in [3.63, 3.8) is 0 Å². The highest BCUT2D eigenvalue weighted by Gasteiger charge is 2.27. The van der Waals surface area contributed by atoms with Crippen molar-refractivity contribution in [2.75, 3.05) is 18.6 Å². The Kier molecular flexibility index (Phi) is 8.21. The van der Waals surface area contributed by atoms with Gasteiger partial charge in [0, 0.05) is 12.8 Å². The highest BCUT2D eigenvalue weighted by atomic mass is 35.5. The van der Waals surface area contributed by atoms with Crippen LogP contribution < -0.4 is 11.1 Å². The monoisotopic (exact) mass is 340 g/mol. The number of carbonyl (C=O) groups excluding carboxylic acids is 1. The van der Waals surface area contributed by atoms with Gasteiger partial charge in [-0.05, 0) is 43.4 Å². The second-order valence-electron chi connectivity index (χ2n) is 6.88. The van der Waals surface area contributed by atoms with Gasteiger partial charge in [0.2, 0.25) is 5.91 Å². The second-order valence-corrected chi connectivity index (χ2v) is 9.14. The fourth-order valence-corrected chi connectivity index (χ4v) is 3.19. The Morgan fingerprint density at radius 1 is 1.33 bits per heavy atom. The van der Waals surface area contributed by atoms with Crippen molar-refractivity contribution in [2.24, 2.45) is 17.1 Å². The molecule has 0 heterocycles. The van der Waals surface area contributed by atoms with E-state index in [0.717, 1.165) is 19.1 Å². The van der Waals surface area contributed by atoms with Crippen LogP contribution in [0.3, 0.4) is 0 Å². The molecule has 0 aromatic carbocycles. The van der Waals surface area contributed by atoms with Crippen molar-refractivity contribution in [2.45, 2.75) is 52.0 Å².